The SMILES string of the molecule is CCNC(=O)C[NH+](CC)CC(=O)N[C@@H](c1ccccc1)c1ccc(OC(F)F)cc1. The van der Waals surface area contributed by atoms with Crippen LogP contribution in [0.15, 0.2) is 54.6 Å². The van der Waals surface area contributed by atoms with Gasteiger partial charge in [-0.15, -0.1) is 0 Å². The Kier molecular flexibility index (Phi) is 9.21. The summed E-state index contributed by atoms with van der Waals surface area (Å²) in [5.41, 5.74) is 1.59. The van der Waals surface area contributed by atoms with Crippen LogP contribution in [-0.4, -0.2) is 44.6 Å². The zero-order valence-corrected chi connectivity index (χ0v) is 17.2. The fourth-order valence-corrected chi connectivity index (χ4v) is 3.08. The van der Waals surface area contributed by atoms with E-state index in [4.69, 9.17) is 0 Å². The highest BCUT2D eigenvalue weighted by molar-refractivity contribution is 5.79. The Morgan fingerprint density at radius 1 is 0.933 bits per heavy atom. The van der Waals surface area contributed by atoms with Gasteiger partial charge >= 0.3 is 6.61 Å². The van der Waals surface area contributed by atoms with E-state index < -0.39 is 12.7 Å². The second-order valence-electron chi connectivity index (χ2n) is 6.77. The highest BCUT2D eigenvalue weighted by Crippen LogP contribution is 2.24. The molecule has 6 nitrogen and oxygen atoms in total. The van der Waals surface area contributed by atoms with Gasteiger partial charge in [-0.2, -0.15) is 8.78 Å². The fourth-order valence-electron chi connectivity index (χ4n) is 3.08. The van der Waals surface area contributed by atoms with Crippen LogP contribution in [0.3, 0.4) is 0 Å². The molecular formula is C22H28F2N3O3+. The van der Waals surface area contributed by atoms with Crippen molar-refractivity contribution in [2.75, 3.05) is 26.2 Å². The van der Waals surface area contributed by atoms with E-state index in [9.17, 15) is 18.4 Å². The molecule has 2 amide bonds. The highest BCUT2D eigenvalue weighted by Gasteiger charge is 2.21. The molecule has 2 aromatic carbocycles. The van der Waals surface area contributed by atoms with Crippen LogP contribution in [0.2, 0.25) is 0 Å². The van der Waals surface area contributed by atoms with Crippen molar-refractivity contribution in [3.8, 4) is 5.75 Å². The second kappa shape index (κ2) is 11.9. The van der Waals surface area contributed by atoms with E-state index in [-0.39, 0.29) is 30.7 Å². The first kappa shape index (κ1) is 23.3. The van der Waals surface area contributed by atoms with Gasteiger partial charge in [0.25, 0.3) is 11.8 Å². The number of likely N-dealkylation sites (N-methyl/N-ethyl adjacent to an activating group) is 2. The number of rotatable bonds is 11. The first-order valence-electron chi connectivity index (χ1n) is 9.92. The summed E-state index contributed by atoms with van der Waals surface area (Å²) in [6, 6.07) is 15.1. The van der Waals surface area contributed by atoms with Crippen LogP contribution < -0.4 is 20.3 Å². The zero-order valence-electron chi connectivity index (χ0n) is 17.2. The average Bonchev–Trinajstić information content (AvgIpc) is 2.72. The molecule has 0 bridgehead atoms. The molecule has 3 N–H and O–H groups in total. The molecule has 1 unspecified atom stereocenters. The molecule has 162 valence electrons. The first-order chi connectivity index (χ1) is 14.4. The number of nitrogens with one attached hydrogen (secondary N) is 3. The molecule has 0 aliphatic rings. The number of quaternary nitrogens is 1. The quantitative estimate of drug-likeness (QED) is 0.516. The number of halogens is 2. The maximum Gasteiger partial charge on any atom is 0.387 e. The van der Waals surface area contributed by atoms with Gasteiger partial charge in [0, 0.05) is 6.54 Å². The Balaban J connectivity index is 2.14. The third-order valence-corrected chi connectivity index (χ3v) is 4.57. The average molecular weight is 420 g/mol. The number of amides is 2. The van der Waals surface area contributed by atoms with E-state index in [1.54, 1.807) is 12.1 Å². The van der Waals surface area contributed by atoms with Gasteiger partial charge in [-0.3, -0.25) is 9.59 Å². The van der Waals surface area contributed by atoms with E-state index in [2.05, 4.69) is 15.4 Å². The lowest BCUT2D eigenvalue weighted by Crippen LogP contribution is -3.14. The summed E-state index contributed by atoms with van der Waals surface area (Å²) in [5.74, 6) is -0.260. The number of hydrogen-bond acceptors (Lipinski definition) is 3. The molecule has 2 rings (SSSR count). The van der Waals surface area contributed by atoms with Gasteiger partial charge in [0.15, 0.2) is 13.1 Å². The molecule has 2 aromatic rings. The molecule has 0 fully saturated rings. The maximum absolute atomic E-state index is 12.7. The van der Waals surface area contributed by atoms with Crippen molar-refractivity contribution in [2.24, 2.45) is 0 Å². The Labute approximate surface area is 175 Å². The van der Waals surface area contributed by atoms with Crippen LogP contribution in [0, 0.1) is 0 Å². The van der Waals surface area contributed by atoms with Gasteiger partial charge in [-0.25, -0.2) is 0 Å². The second-order valence-corrected chi connectivity index (χ2v) is 6.77. The van der Waals surface area contributed by atoms with E-state index in [0.717, 1.165) is 16.0 Å². The molecule has 30 heavy (non-hydrogen) atoms. The Morgan fingerprint density at radius 2 is 1.53 bits per heavy atom. The largest absolute Gasteiger partial charge is 0.435 e. The van der Waals surface area contributed by atoms with Gasteiger partial charge in [0.2, 0.25) is 0 Å². The molecule has 8 heteroatoms. The lowest BCUT2D eigenvalue weighted by Gasteiger charge is -2.22. The van der Waals surface area contributed by atoms with E-state index in [1.807, 2.05) is 44.2 Å². The zero-order chi connectivity index (χ0) is 21.9. The summed E-state index contributed by atoms with van der Waals surface area (Å²) in [6.07, 6.45) is 0. The molecule has 0 radical (unpaired) electrons. The molecule has 0 saturated carbocycles. The molecule has 2 atom stereocenters. The van der Waals surface area contributed by atoms with Crippen molar-refractivity contribution in [3.63, 3.8) is 0 Å². The third-order valence-electron chi connectivity index (χ3n) is 4.57. The third kappa shape index (κ3) is 7.44. The van der Waals surface area contributed by atoms with Crippen LogP contribution in [0.1, 0.15) is 31.0 Å². The van der Waals surface area contributed by atoms with E-state index in [0.29, 0.717) is 13.1 Å². The van der Waals surface area contributed by atoms with Crippen LogP contribution in [0.4, 0.5) is 8.78 Å². The predicted molar refractivity (Wildman–Crippen MR) is 109 cm³/mol. The molecule has 0 aliphatic carbocycles. The van der Waals surface area contributed by atoms with Gasteiger partial charge in [0.1, 0.15) is 5.75 Å². The summed E-state index contributed by atoms with van der Waals surface area (Å²) in [4.78, 5) is 25.4. The Morgan fingerprint density at radius 3 is 2.10 bits per heavy atom. The fraction of sp³-hybridized carbons (Fsp3) is 0.364. The summed E-state index contributed by atoms with van der Waals surface area (Å²) >= 11 is 0. The van der Waals surface area contributed by atoms with Crippen molar-refractivity contribution >= 4 is 11.8 Å². The molecule has 0 heterocycles. The van der Waals surface area contributed by atoms with Gasteiger partial charge in [0.05, 0.1) is 12.6 Å². The normalized spacial score (nSPS) is 12.8. The smallest absolute Gasteiger partial charge is 0.387 e. The van der Waals surface area contributed by atoms with E-state index in [1.165, 1.54) is 12.1 Å². The predicted octanol–water partition coefficient (Wildman–Crippen LogP) is 1.53. The Bertz CT molecular complexity index is 801. The molecular weight excluding hydrogens is 392 g/mol. The van der Waals surface area contributed by atoms with Crippen LogP contribution in [0.5, 0.6) is 5.75 Å². The highest BCUT2D eigenvalue weighted by atomic mass is 19.3. The summed E-state index contributed by atoms with van der Waals surface area (Å²) < 4.78 is 29.2. The van der Waals surface area contributed by atoms with Gasteiger partial charge in [-0.05, 0) is 37.1 Å². The summed E-state index contributed by atoms with van der Waals surface area (Å²) in [7, 11) is 0. The molecule has 0 saturated heterocycles. The minimum absolute atomic E-state index is 0.0513. The molecule has 0 spiro atoms. The van der Waals surface area contributed by atoms with Crippen LogP contribution >= 0.6 is 0 Å². The number of carbonyl (C=O) groups excluding carboxylic acids is 2. The number of benzene rings is 2. The van der Waals surface area contributed by atoms with Gasteiger partial charge in [-0.1, -0.05) is 42.5 Å². The van der Waals surface area contributed by atoms with Gasteiger partial charge < -0.3 is 20.3 Å². The molecule has 0 aromatic heterocycles. The van der Waals surface area contributed by atoms with Crippen molar-refractivity contribution in [1.82, 2.24) is 10.6 Å². The summed E-state index contributed by atoms with van der Waals surface area (Å²) in [6.45, 7) is 2.39. The van der Waals surface area contributed by atoms with E-state index >= 15 is 0 Å². The maximum atomic E-state index is 12.7. The van der Waals surface area contributed by atoms with Crippen LogP contribution in [0.25, 0.3) is 0 Å². The lowest BCUT2D eigenvalue weighted by atomic mass is 9.98. The van der Waals surface area contributed by atoms with Crippen LogP contribution in [-0.2, 0) is 9.59 Å². The standard InChI is InChI=1S/C22H27F2N3O3/c1-3-25-19(28)14-27(4-2)15-20(29)26-21(16-8-6-5-7-9-16)17-10-12-18(13-11-17)30-22(23)24/h5-13,21-22H,3-4,14-15H2,1-2H3,(H,25,28)(H,26,29)/p+1/t21-/m0/s1. The minimum atomic E-state index is -2.90. The number of alkyl halides is 2. The first-order valence-corrected chi connectivity index (χ1v) is 9.92. The number of carbonyl (C=O) groups is 2. The number of ether oxygens (including phenoxy) is 1. The lowest BCUT2D eigenvalue weighted by molar-refractivity contribution is -0.881. The minimum Gasteiger partial charge on any atom is -0.435 e. The van der Waals surface area contributed by atoms with Crippen molar-refractivity contribution in [2.45, 2.75) is 26.5 Å². The van der Waals surface area contributed by atoms with Crippen molar-refractivity contribution in [3.05, 3.63) is 65.7 Å². The molecule has 0 aliphatic heterocycles. The monoisotopic (exact) mass is 420 g/mol. The summed E-state index contributed by atoms with van der Waals surface area (Å²) in [5, 5.41) is 5.74. The Hall–Kier alpha value is -3.00. The topological polar surface area (TPSA) is 71.9 Å². The van der Waals surface area contributed by atoms with Crippen molar-refractivity contribution < 1.29 is 28.0 Å². The number of hydrogen-bond donors (Lipinski definition) is 3. The van der Waals surface area contributed by atoms with Crippen molar-refractivity contribution in [1.29, 1.82) is 0 Å².